The van der Waals surface area contributed by atoms with E-state index in [0.29, 0.717) is 15.6 Å². The van der Waals surface area contributed by atoms with Crippen molar-refractivity contribution in [1.82, 2.24) is 10.6 Å². The highest BCUT2D eigenvalue weighted by Gasteiger charge is 2.26. The van der Waals surface area contributed by atoms with Gasteiger partial charge in [0.25, 0.3) is 11.8 Å². The first-order chi connectivity index (χ1) is 12.4. The van der Waals surface area contributed by atoms with Crippen molar-refractivity contribution >= 4 is 57.1 Å². The summed E-state index contributed by atoms with van der Waals surface area (Å²) in [5.74, 6) is -1.59. The van der Waals surface area contributed by atoms with E-state index in [1.54, 1.807) is 48.5 Å². The molecular weight excluding hydrogens is 420 g/mol. The van der Waals surface area contributed by atoms with E-state index in [1.807, 2.05) is 0 Å². The Labute approximate surface area is 162 Å². The topological polar surface area (TPSA) is 84.5 Å². The van der Waals surface area contributed by atoms with Crippen molar-refractivity contribution in [2.24, 2.45) is 0 Å². The van der Waals surface area contributed by atoms with Crippen LogP contribution < -0.4 is 15.4 Å². The minimum Gasteiger partial charge on any atom is -0.422 e. The van der Waals surface area contributed by atoms with Crippen LogP contribution in [0.2, 0.25) is 0 Å². The van der Waals surface area contributed by atoms with Crippen LogP contribution in [0.3, 0.4) is 0 Å². The van der Waals surface area contributed by atoms with E-state index in [0.717, 1.165) is 0 Å². The second-order valence-electron chi connectivity index (χ2n) is 5.23. The highest BCUT2D eigenvalue weighted by molar-refractivity contribution is 9.10. The summed E-state index contributed by atoms with van der Waals surface area (Å²) in [5.41, 5.74) is 0.623. The maximum atomic E-state index is 12.3. The molecule has 1 saturated heterocycles. The molecule has 0 unspecified atom stereocenters. The maximum Gasteiger partial charge on any atom is 0.343 e. The van der Waals surface area contributed by atoms with Gasteiger partial charge in [0, 0.05) is 10.0 Å². The SMILES string of the molecule is O=C1NC(=S)NC(=O)C1=Cc1cc(Br)ccc1OC(=O)c1ccccc1. The molecule has 1 aliphatic heterocycles. The van der Waals surface area contributed by atoms with E-state index in [2.05, 4.69) is 26.6 Å². The molecule has 0 radical (unpaired) electrons. The van der Waals surface area contributed by atoms with Gasteiger partial charge in [0.1, 0.15) is 11.3 Å². The number of amides is 2. The number of hydrogen-bond donors (Lipinski definition) is 2. The smallest absolute Gasteiger partial charge is 0.343 e. The summed E-state index contributed by atoms with van der Waals surface area (Å²) in [6.07, 6.45) is 1.34. The summed E-state index contributed by atoms with van der Waals surface area (Å²) >= 11 is 8.09. The molecule has 0 aliphatic carbocycles. The average Bonchev–Trinajstić information content (AvgIpc) is 2.61. The highest BCUT2D eigenvalue weighted by atomic mass is 79.9. The quantitative estimate of drug-likeness (QED) is 0.257. The summed E-state index contributed by atoms with van der Waals surface area (Å²) < 4.78 is 6.12. The molecule has 2 N–H and O–H groups in total. The zero-order valence-electron chi connectivity index (χ0n) is 13.1. The van der Waals surface area contributed by atoms with Crippen molar-refractivity contribution in [3.05, 3.63) is 69.7 Å². The van der Waals surface area contributed by atoms with Crippen molar-refractivity contribution in [3.8, 4) is 5.75 Å². The van der Waals surface area contributed by atoms with Crippen molar-refractivity contribution < 1.29 is 19.1 Å². The first-order valence-corrected chi connectivity index (χ1v) is 8.59. The Balaban J connectivity index is 1.95. The number of benzene rings is 2. The van der Waals surface area contributed by atoms with Gasteiger partial charge in [0.05, 0.1) is 5.56 Å². The molecule has 1 fully saturated rings. The van der Waals surface area contributed by atoms with Gasteiger partial charge in [-0.05, 0) is 48.6 Å². The zero-order chi connectivity index (χ0) is 18.7. The predicted octanol–water partition coefficient (Wildman–Crippen LogP) is 2.58. The van der Waals surface area contributed by atoms with E-state index in [9.17, 15) is 14.4 Å². The largest absolute Gasteiger partial charge is 0.422 e. The number of carbonyl (C=O) groups excluding carboxylic acids is 3. The van der Waals surface area contributed by atoms with Crippen LogP contribution in [0.25, 0.3) is 6.08 Å². The number of nitrogens with one attached hydrogen (secondary N) is 2. The molecule has 0 aromatic heterocycles. The molecule has 0 bridgehead atoms. The number of rotatable bonds is 3. The molecule has 130 valence electrons. The normalized spacial score (nSPS) is 13.7. The van der Waals surface area contributed by atoms with Gasteiger partial charge in [-0.25, -0.2) is 4.79 Å². The molecule has 6 nitrogen and oxygen atoms in total. The van der Waals surface area contributed by atoms with Gasteiger partial charge in [-0.3, -0.25) is 20.2 Å². The van der Waals surface area contributed by atoms with Gasteiger partial charge in [-0.1, -0.05) is 34.1 Å². The summed E-state index contributed by atoms with van der Waals surface area (Å²) in [6, 6.07) is 13.4. The molecule has 1 aliphatic rings. The van der Waals surface area contributed by atoms with Crippen molar-refractivity contribution in [1.29, 1.82) is 0 Å². The Morgan fingerprint density at radius 2 is 1.69 bits per heavy atom. The monoisotopic (exact) mass is 430 g/mol. The molecule has 26 heavy (non-hydrogen) atoms. The summed E-state index contributed by atoms with van der Waals surface area (Å²) in [5, 5.41) is 4.65. The fourth-order valence-corrected chi connectivity index (χ4v) is 2.78. The van der Waals surface area contributed by atoms with Crippen LogP contribution in [0.5, 0.6) is 5.75 Å². The lowest BCUT2D eigenvalue weighted by Crippen LogP contribution is -2.51. The van der Waals surface area contributed by atoms with Gasteiger partial charge >= 0.3 is 5.97 Å². The summed E-state index contributed by atoms with van der Waals surface area (Å²) in [7, 11) is 0. The molecule has 2 aromatic carbocycles. The Morgan fingerprint density at radius 3 is 2.35 bits per heavy atom. The molecule has 0 atom stereocenters. The van der Waals surface area contributed by atoms with E-state index >= 15 is 0 Å². The number of halogens is 1. The Hall–Kier alpha value is -2.84. The Kier molecular flexibility index (Phi) is 5.24. The lowest BCUT2D eigenvalue weighted by atomic mass is 10.1. The lowest BCUT2D eigenvalue weighted by Gasteiger charge is -2.17. The molecule has 0 spiro atoms. The predicted molar refractivity (Wildman–Crippen MR) is 102 cm³/mol. The number of hydrogen-bond acceptors (Lipinski definition) is 5. The third-order valence-corrected chi connectivity index (χ3v) is 4.12. The molecule has 2 amide bonds. The summed E-state index contributed by atoms with van der Waals surface area (Å²) in [4.78, 5) is 36.3. The van der Waals surface area contributed by atoms with E-state index in [-0.39, 0.29) is 16.4 Å². The number of thiocarbonyl (C=S) groups is 1. The van der Waals surface area contributed by atoms with Crippen LogP contribution in [0.4, 0.5) is 0 Å². The third kappa shape index (κ3) is 4.04. The van der Waals surface area contributed by atoms with Crippen LogP contribution in [-0.2, 0) is 9.59 Å². The highest BCUT2D eigenvalue weighted by Crippen LogP contribution is 2.27. The minimum absolute atomic E-state index is 0.0536. The van der Waals surface area contributed by atoms with Gasteiger partial charge in [0.2, 0.25) is 0 Å². The van der Waals surface area contributed by atoms with E-state index in [1.165, 1.54) is 6.08 Å². The molecule has 0 saturated carbocycles. The minimum atomic E-state index is -0.626. The fraction of sp³-hybridized carbons (Fsp3) is 0. The zero-order valence-corrected chi connectivity index (χ0v) is 15.5. The molecule has 3 rings (SSSR count). The second-order valence-corrected chi connectivity index (χ2v) is 6.56. The molecule has 2 aromatic rings. The van der Waals surface area contributed by atoms with Gasteiger partial charge < -0.3 is 4.74 Å². The number of ether oxygens (including phenoxy) is 1. The molecule has 8 heteroatoms. The lowest BCUT2D eigenvalue weighted by molar-refractivity contribution is -0.123. The molecule has 1 heterocycles. The maximum absolute atomic E-state index is 12.3. The van der Waals surface area contributed by atoms with Crippen molar-refractivity contribution in [3.63, 3.8) is 0 Å². The van der Waals surface area contributed by atoms with Crippen LogP contribution in [0.15, 0.2) is 58.6 Å². The van der Waals surface area contributed by atoms with Gasteiger partial charge in [-0.2, -0.15) is 0 Å². The van der Waals surface area contributed by atoms with E-state index < -0.39 is 17.8 Å². The third-order valence-electron chi connectivity index (χ3n) is 3.43. The van der Waals surface area contributed by atoms with E-state index in [4.69, 9.17) is 17.0 Å². The molecular formula is C18H11BrN2O4S. The standard InChI is InChI=1S/C18H11BrN2O4S/c19-12-6-7-14(25-17(24)10-4-2-1-3-5-10)11(8-12)9-13-15(22)20-18(26)21-16(13)23/h1-9H,(H2,20,21,22,23,26). The first-order valence-electron chi connectivity index (χ1n) is 7.39. The fourth-order valence-electron chi connectivity index (χ4n) is 2.22. The van der Waals surface area contributed by atoms with Gasteiger partial charge in [0.15, 0.2) is 5.11 Å². The van der Waals surface area contributed by atoms with Crippen molar-refractivity contribution in [2.45, 2.75) is 0 Å². The Bertz CT molecular complexity index is 935. The summed E-state index contributed by atoms with van der Waals surface area (Å²) in [6.45, 7) is 0. The Morgan fingerprint density at radius 1 is 1.04 bits per heavy atom. The van der Waals surface area contributed by atoms with Crippen LogP contribution in [0, 0.1) is 0 Å². The second kappa shape index (κ2) is 7.59. The van der Waals surface area contributed by atoms with Crippen LogP contribution >= 0.6 is 28.1 Å². The number of carbonyl (C=O) groups is 3. The van der Waals surface area contributed by atoms with Gasteiger partial charge in [-0.15, -0.1) is 0 Å². The first kappa shape index (κ1) is 18.0. The van der Waals surface area contributed by atoms with Crippen LogP contribution in [0.1, 0.15) is 15.9 Å². The average molecular weight is 431 g/mol. The number of esters is 1. The van der Waals surface area contributed by atoms with Crippen LogP contribution in [-0.4, -0.2) is 22.9 Å². The van der Waals surface area contributed by atoms with Crippen molar-refractivity contribution in [2.75, 3.05) is 0 Å².